The van der Waals surface area contributed by atoms with E-state index in [0.717, 1.165) is 0 Å². The van der Waals surface area contributed by atoms with Gasteiger partial charge < -0.3 is 5.21 Å². The van der Waals surface area contributed by atoms with Gasteiger partial charge in [0.15, 0.2) is 0 Å². The molecule has 0 amide bonds. The third kappa shape index (κ3) is 8.62. The van der Waals surface area contributed by atoms with Gasteiger partial charge in [0.25, 0.3) is 0 Å². The first-order valence-corrected chi connectivity index (χ1v) is 3.27. The second-order valence-corrected chi connectivity index (χ2v) is 2.07. The van der Waals surface area contributed by atoms with Crippen LogP contribution >= 0.6 is 0 Å². The molecule has 1 rings (SSSR count). The van der Waals surface area contributed by atoms with Crippen molar-refractivity contribution >= 4 is 5.71 Å². The number of pyridine rings is 1. The lowest BCUT2D eigenvalue weighted by atomic mass is 10.5. The van der Waals surface area contributed by atoms with Gasteiger partial charge >= 0.3 is 0 Å². The van der Waals surface area contributed by atoms with Crippen LogP contribution in [0.5, 0.6) is 0 Å². The van der Waals surface area contributed by atoms with Crippen LogP contribution in [0.2, 0.25) is 0 Å². The van der Waals surface area contributed by atoms with E-state index in [9.17, 15) is 0 Å². The predicted octanol–water partition coefficient (Wildman–Crippen LogP) is 1.94. The molecule has 1 heterocycles. The zero-order valence-electron chi connectivity index (χ0n) is 6.73. The molecule has 0 bridgehead atoms. The van der Waals surface area contributed by atoms with Gasteiger partial charge in [0.05, 0.1) is 5.71 Å². The molecule has 0 atom stereocenters. The molecule has 0 saturated carbocycles. The van der Waals surface area contributed by atoms with Gasteiger partial charge in [0.2, 0.25) is 0 Å². The Bertz CT molecular complexity index is 166. The summed E-state index contributed by atoms with van der Waals surface area (Å²) in [6, 6.07) is 5.72. The Labute approximate surface area is 66.4 Å². The minimum atomic E-state index is 0.685. The standard InChI is InChI=1S/C5H5N.C3H7NO/c1-2-4-6-5-3-1;1-3(2)4-5/h1-5H;5H,1-2H3. The Kier molecular flexibility index (Phi) is 5.89. The molecule has 0 saturated heterocycles. The first-order valence-electron chi connectivity index (χ1n) is 3.27. The predicted molar refractivity (Wildman–Crippen MR) is 44.8 cm³/mol. The van der Waals surface area contributed by atoms with Gasteiger partial charge in [-0.1, -0.05) is 11.2 Å². The molecular weight excluding hydrogens is 140 g/mol. The Morgan fingerprint density at radius 3 is 1.73 bits per heavy atom. The van der Waals surface area contributed by atoms with E-state index in [2.05, 4.69) is 10.1 Å². The van der Waals surface area contributed by atoms with Gasteiger partial charge in [-0.25, -0.2) is 0 Å². The molecule has 0 aromatic carbocycles. The van der Waals surface area contributed by atoms with Crippen LogP contribution in [0, 0.1) is 0 Å². The summed E-state index contributed by atoms with van der Waals surface area (Å²) in [4.78, 5) is 3.78. The summed E-state index contributed by atoms with van der Waals surface area (Å²) >= 11 is 0. The van der Waals surface area contributed by atoms with Gasteiger partial charge in [-0.15, -0.1) is 0 Å². The molecule has 0 fully saturated rings. The summed E-state index contributed by atoms with van der Waals surface area (Å²) < 4.78 is 0. The van der Waals surface area contributed by atoms with Crippen LogP contribution in [-0.2, 0) is 0 Å². The van der Waals surface area contributed by atoms with Crippen LogP contribution in [0.15, 0.2) is 35.7 Å². The van der Waals surface area contributed by atoms with Gasteiger partial charge in [-0.2, -0.15) is 0 Å². The highest BCUT2D eigenvalue weighted by molar-refractivity contribution is 5.78. The lowest BCUT2D eigenvalue weighted by Gasteiger charge is -1.72. The van der Waals surface area contributed by atoms with Crippen molar-refractivity contribution in [3.63, 3.8) is 0 Å². The first-order chi connectivity index (χ1) is 5.27. The summed E-state index contributed by atoms with van der Waals surface area (Å²) in [6.45, 7) is 3.44. The normalized spacial score (nSPS) is 7.45. The molecule has 0 aliphatic rings. The van der Waals surface area contributed by atoms with E-state index in [1.54, 1.807) is 26.2 Å². The summed E-state index contributed by atoms with van der Waals surface area (Å²) in [5.41, 5.74) is 0.685. The summed E-state index contributed by atoms with van der Waals surface area (Å²) in [6.07, 6.45) is 3.50. The second kappa shape index (κ2) is 6.74. The quantitative estimate of drug-likeness (QED) is 0.351. The zero-order valence-corrected chi connectivity index (χ0v) is 6.73. The largest absolute Gasteiger partial charge is 0.411 e. The molecule has 11 heavy (non-hydrogen) atoms. The van der Waals surface area contributed by atoms with Gasteiger partial charge in [-0.05, 0) is 26.0 Å². The van der Waals surface area contributed by atoms with Crippen molar-refractivity contribution < 1.29 is 5.21 Å². The molecule has 1 aromatic heterocycles. The van der Waals surface area contributed by atoms with Crippen LogP contribution in [0.25, 0.3) is 0 Å². The Morgan fingerprint density at radius 2 is 1.64 bits per heavy atom. The van der Waals surface area contributed by atoms with Crippen molar-refractivity contribution in [2.45, 2.75) is 13.8 Å². The highest BCUT2D eigenvalue weighted by atomic mass is 16.4. The third-order valence-electron chi connectivity index (χ3n) is 0.766. The van der Waals surface area contributed by atoms with Crippen molar-refractivity contribution in [1.82, 2.24) is 4.98 Å². The maximum Gasteiger partial charge on any atom is 0.0509 e. The summed E-state index contributed by atoms with van der Waals surface area (Å²) in [5, 5.41) is 10.5. The third-order valence-corrected chi connectivity index (χ3v) is 0.766. The van der Waals surface area contributed by atoms with E-state index < -0.39 is 0 Å². The molecule has 1 N–H and O–H groups in total. The molecule has 0 aliphatic heterocycles. The Balaban J connectivity index is 0.000000187. The van der Waals surface area contributed by atoms with Crippen LogP contribution in [0.3, 0.4) is 0 Å². The van der Waals surface area contributed by atoms with E-state index in [0.29, 0.717) is 5.71 Å². The molecule has 3 heteroatoms. The van der Waals surface area contributed by atoms with Crippen molar-refractivity contribution in [3.05, 3.63) is 30.6 Å². The topological polar surface area (TPSA) is 45.5 Å². The van der Waals surface area contributed by atoms with E-state index in [1.165, 1.54) is 0 Å². The SMILES string of the molecule is CC(C)=NO.c1ccncc1. The van der Waals surface area contributed by atoms with Crippen molar-refractivity contribution in [2.75, 3.05) is 0 Å². The number of aromatic nitrogens is 1. The van der Waals surface area contributed by atoms with Crippen molar-refractivity contribution in [1.29, 1.82) is 0 Å². The van der Waals surface area contributed by atoms with Crippen LogP contribution in [0.4, 0.5) is 0 Å². The van der Waals surface area contributed by atoms with Crippen molar-refractivity contribution in [2.24, 2.45) is 5.16 Å². The molecule has 60 valence electrons. The van der Waals surface area contributed by atoms with Crippen LogP contribution in [0.1, 0.15) is 13.8 Å². The number of oxime groups is 1. The molecule has 0 aliphatic carbocycles. The lowest BCUT2D eigenvalue weighted by Crippen LogP contribution is -1.74. The molecule has 3 nitrogen and oxygen atoms in total. The maximum absolute atomic E-state index is 7.73. The smallest absolute Gasteiger partial charge is 0.0509 e. The lowest BCUT2D eigenvalue weighted by molar-refractivity contribution is 0.318. The maximum atomic E-state index is 7.73. The van der Waals surface area contributed by atoms with Gasteiger partial charge in [0, 0.05) is 12.4 Å². The fourth-order valence-corrected chi connectivity index (χ4v) is 0.313. The number of rotatable bonds is 0. The fourth-order valence-electron chi connectivity index (χ4n) is 0.313. The van der Waals surface area contributed by atoms with E-state index in [-0.39, 0.29) is 0 Å². The minimum Gasteiger partial charge on any atom is -0.411 e. The second-order valence-electron chi connectivity index (χ2n) is 2.07. The highest BCUT2D eigenvalue weighted by Gasteiger charge is 1.65. The zero-order chi connectivity index (χ0) is 8.53. The van der Waals surface area contributed by atoms with E-state index >= 15 is 0 Å². The van der Waals surface area contributed by atoms with Gasteiger partial charge in [0.1, 0.15) is 0 Å². The molecule has 0 spiro atoms. The van der Waals surface area contributed by atoms with Crippen LogP contribution < -0.4 is 0 Å². The average Bonchev–Trinajstić information content (AvgIpc) is 2.09. The number of nitrogens with zero attached hydrogens (tertiary/aromatic N) is 2. The van der Waals surface area contributed by atoms with E-state index in [4.69, 9.17) is 5.21 Å². The Morgan fingerprint density at radius 1 is 1.18 bits per heavy atom. The monoisotopic (exact) mass is 152 g/mol. The summed E-state index contributed by atoms with van der Waals surface area (Å²) in [5.74, 6) is 0. The molecule has 0 radical (unpaired) electrons. The average molecular weight is 152 g/mol. The number of hydrogen-bond acceptors (Lipinski definition) is 3. The first kappa shape index (κ1) is 9.62. The molecule has 1 aromatic rings. The van der Waals surface area contributed by atoms with Gasteiger partial charge in [-0.3, -0.25) is 4.98 Å². The fraction of sp³-hybridized carbons (Fsp3) is 0.250. The Hall–Kier alpha value is -1.38. The minimum absolute atomic E-state index is 0.685. The highest BCUT2D eigenvalue weighted by Crippen LogP contribution is 1.73. The van der Waals surface area contributed by atoms with E-state index in [1.807, 2.05) is 18.2 Å². The molecular formula is C8H12N2O. The number of hydrogen-bond donors (Lipinski definition) is 1. The van der Waals surface area contributed by atoms with Crippen LogP contribution in [-0.4, -0.2) is 15.9 Å². The van der Waals surface area contributed by atoms with Crippen molar-refractivity contribution in [3.8, 4) is 0 Å². The molecule has 0 unspecified atom stereocenters. The summed E-state index contributed by atoms with van der Waals surface area (Å²) in [7, 11) is 0.